The number of alkyl halides is 3. The molecule has 0 bridgehead atoms. The number of nitrogens with zero attached hydrogens (tertiary/aromatic N) is 2. The van der Waals surface area contributed by atoms with E-state index >= 15 is 0 Å². The molecule has 3 aromatic rings. The zero-order valence-electron chi connectivity index (χ0n) is 22.8. The lowest BCUT2D eigenvalue weighted by Crippen LogP contribution is -2.46. The fraction of sp³-hybridized carbons (Fsp3) is 0.448. The maximum Gasteiger partial charge on any atom is 0.416 e. The largest absolute Gasteiger partial charge is 0.416 e. The molecule has 3 amide bonds. The number of amides is 3. The Labute approximate surface area is 249 Å². The minimum atomic E-state index is -4.68. The number of benzene rings is 1. The van der Waals surface area contributed by atoms with Crippen LogP contribution in [0.5, 0.6) is 0 Å². The van der Waals surface area contributed by atoms with Crippen LogP contribution >= 0.6 is 22.9 Å². The Kier molecular flexibility index (Phi) is 9.16. The quantitative estimate of drug-likeness (QED) is 0.273. The SMILES string of the molecule is Nc1c(C(=O)NC2CCCCC2)nsc1C(=O)N(c1cccc(C(F)(F)F)c1)[C@@H](C(=O)NC1CCCC1)c1cccs1. The highest BCUT2D eigenvalue weighted by Crippen LogP contribution is 2.38. The predicted molar refractivity (Wildman–Crippen MR) is 157 cm³/mol. The molecule has 42 heavy (non-hydrogen) atoms. The number of hydrogen-bond acceptors (Lipinski definition) is 7. The molecule has 2 saturated carbocycles. The van der Waals surface area contributed by atoms with Crippen LogP contribution < -0.4 is 21.3 Å². The van der Waals surface area contributed by atoms with Crippen LogP contribution in [0.4, 0.5) is 24.5 Å². The minimum Gasteiger partial charge on any atom is -0.395 e. The second-order valence-electron chi connectivity index (χ2n) is 10.7. The number of hydrogen-bond donors (Lipinski definition) is 3. The summed E-state index contributed by atoms with van der Waals surface area (Å²) in [6, 6.07) is 6.27. The van der Waals surface area contributed by atoms with Gasteiger partial charge in [0.2, 0.25) is 5.91 Å². The topological polar surface area (TPSA) is 117 Å². The second-order valence-corrected chi connectivity index (χ2v) is 12.5. The number of carbonyl (C=O) groups excluding carboxylic acids is 3. The monoisotopic (exact) mass is 619 g/mol. The molecule has 2 aromatic heterocycles. The molecule has 1 atom stereocenters. The van der Waals surface area contributed by atoms with Crippen LogP contribution in [-0.2, 0) is 11.0 Å². The third-order valence-electron chi connectivity index (χ3n) is 7.77. The summed E-state index contributed by atoms with van der Waals surface area (Å²) in [7, 11) is 0. The molecule has 0 radical (unpaired) electrons. The van der Waals surface area contributed by atoms with E-state index in [2.05, 4.69) is 15.0 Å². The molecule has 0 spiro atoms. The lowest BCUT2D eigenvalue weighted by molar-refractivity contribution is -0.137. The summed E-state index contributed by atoms with van der Waals surface area (Å²) in [6.45, 7) is 0. The normalized spacial score (nSPS) is 17.1. The Morgan fingerprint density at radius 3 is 2.26 bits per heavy atom. The van der Waals surface area contributed by atoms with Gasteiger partial charge in [0.05, 0.1) is 11.3 Å². The van der Waals surface area contributed by atoms with E-state index in [1.165, 1.54) is 23.5 Å². The van der Waals surface area contributed by atoms with E-state index in [-0.39, 0.29) is 34.0 Å². The average molecular weight is 620 g/mol. The Morgan fingerprint density at radius 2 is 1.62 bits per heavy atom. The fourth-order valence-corrected chi connectivity index (χ4v) is 7.16. The fourth-order valence-electron chi connectivity index (χ4n) is 5.61. The average Bonchev–Trinajstić information content (AvgIpc) is 3.74. The van der Waals surface area contributed by atoms with Crippen molar-refractivity contribution in [2.45, 2.75) is 82.1 Å². The van der Waals surface area contributed by atoms with Crippen molar-refractivity contribution in [3.8, 4) is 0 Å². The third-order valence-corrected chi connectivity index (χ3v) is 9.54. The summed E-state index contributed by atoms with van der Waals surface area (Å²) in [6.07, 6.45) is 3.57. The number of rotatable bonds is 8. The minimum absolute atomic E-state index is 0.0180. The van der Waals surface area contributed by atoms with Crippen LogP contribution in [-0.4, -0.2) is 34.2 Å². The highest BCUT2D eigenvalue weighted by atomic mass is 32.1. The zero-order chi connectivity index (χ0) is 29.9. The summed E-state index contributed by atoms with van der Waals surface area (Å²) >= 11 is 1.90. The molecule has 0 aliphatic heterocycles. The summed E-state index contributed by atoms with van der Waals surface area (Å²) < 4.78 is 45.4. The van der Waals surface area contributed by atoms with Crippen LogP contribution in [0.15, 0.2) is 41.8 Å². The van der Waals surface area contributed by atoms with Crippen LogP contribution in [0.25, 0.3) is 0 Å². The molecule has 2 heterocycles. The molecule has 2 aliphatic carbocycles. The van der Waals surface area contributed by atoms with Crippen LogP contribution in [0.1, 0.15) is 94.4 Å². The van der Waals surface area contributed by atoms with Crippen molar-refractivity contribution < 1.29 is 27.6 Å². The van der Waals surface area contributed by atoms with E-state index in [1.54, 1.807) is 17.5 Å². The number of aromatic nitrogens is 1. The van der Waals surface area contributed by atoms with Crippen molar-refractivity contribution >= 4 is 52.0 Å². The summed E-state index contributed by atoms with van der Waals surface area (Å²) in [5.74, 6) is -1.83. The Hall–Kier alpha value is -3.45. The Morgan fingerprint density at radius 1 is 0.952 bits per heavy atom. The molecule has 13 heteroatoms. The number of nitrogens with one attached hydrogen (secondary N) is 2. The summed E-state index contributed by atoms with van der Waals surface area (Å²) in [5, 5.41) is 7.66. The molecule has 224 valence electrons. The first-order valence-electron chi connectivity index (χ1n) is 14.0. The molecule has 5 rings (SSSR count). The highest BCUT2D eigenvalue weighted by molar-refractivity contribution is 7.10. The number of carbonyl (C=O) groups is 3. The lowest BCUT2D eigenvalue weighted by Gasteiger charge is -2.31. The van der Waals surface area contributed by atoms with Crippen LogP contribution in [0.2, 0.25) is 0 Å². The van der Waals surface area contributed by atoms with Crippen molar-refractivity contribution in [1.82, 2.24) is 15.0 Å². The Balaban J connectivity index is 1.54. The van der Waals surface area contributed by atoms with Gasteiger partial charge >= 0.3 is 6.18 Å². The van der Waals surface area contributed by atoms with Gasteiger partial charge in [0.25, 0.3) is 11.8 Å². The van der Waals surface area contributed by atoms with Gasteiger partial charge < -0.3 is 16.4 Å². The molecule has 2 aliphatic rings. The van der Waals surface area contributed by atoms with E-state index in [1.807, 2.05) is 0 Å². The second kappa shape index (κ2) is 12.8. The van der Waals surface area contributed by atoms with Crippen LogP contribution in [0.3, 0.4) is 0 Å². The first-order valence-corrected chi connectivity index (χ1v) is 15.7. The molecular formula is C29H32F3N5O3S2. The Bertz CT molecular complexity index is 1410. The van der Waals surface area contributed by atoms with Gasteiger partial charge in [0.1, 0.15) is 4.88 Å². The molecule has 1 aromatic carbocycles. The number of halogens is 3. The van der Waals surface area contributed by atoms with Crippen molar-refractivity contribution in [3.63, 3.8) is 0 Å². The highest BCUT2D eigenvalue weighted by Gasteiger charge is 2.39. The molecule has 2 fully saturated rings. The zero-order valence-corrected chi connectivity index (χ0v) is 24.4. The van der Waals surface area contributed by atoms with E-state index in [4.69, 9.17) is 5.73 Å². The molecule has 8 nitrogen and oxygen atoms in total. The van der Waals surface area contributed by atoms with E-state index in [0.29, 0.717) is 16.4 Å². The first-order chi connectivity index (χ1) is 20.1. The number of anilines is 2. The number of thiophene rings is 1. The van der Waals surface area contributed by atoms with Gasteiger partial charge in [0, 0.05) is 22.6 Å². The maximum atomic E-state index is 14.3. The smallest absolute Gasteiger partial charge is 0.395 e. The van der Waals surface area contributed by atoms with E-state index < -0.39 is 35.5 Å². The maximum absolute atomic E-state index is 14.3. The molecule has 0 unspecified atom stereocenters. The van der Waals surface area contributed by atoms with Gasteiger partial charge in [-0.15, -0.1) is 11.3 Å². The van der Waals surface area contributed by atoms with E-state index in [9.17, 15) is 27.6 Å². The third kappa shape index (κ3) is 6.62. The van der Waals surface area contributed by atoms with Crippen molar-refractivity contribution in [3.05, 3.63) is 62.8 Å². The number of nitrogen functional groups attached to an aromatic ring is 1. The summed E-state index contributed by atoms with van der Waals surface area (Å²) in [5.41, 5.74) is 4.94. The van der Waals surface area contributed by atoms with Gasteiger partial charge in [-0.2, -0.15) is 17.5 Å². The molecule has 4 N–H and O–H groups in total. The van der Waals surface area contributed by atoms with Gasteiger partial charge in [-0.1, -0.05) is 44.2 Å². The summed E-state index contributed by atoms with van der Waals surface area (Å²) in [4.78, 5) is 42.5. The van der Waals surface area contributed by atoms with Crippen molar-refractivity contribution in [2.75, 3.05) is 10.6 Å². The van der Waals surface area contributed by atoms with Gasteiger partial charge in [-0.05, 0) is 66.9 Å². The van der Waals surface area contributed by atoms with Crippen molar-refractivity contribution in [2.24, 2.45) is 0 Å². The van der Waals surface area contributed by atoms with E-state index in [0.717, 1.165) is 74.8 Å². The van der Waals surface area contributed by atoms with Crippen molar-refractivity contribution in [1.29, 1.82) is 0 Å². The lowest BCUT2D eigenvalue weighted by atomic mass is 9.95. The van der Waals surface area contributed by atoms with Gasteiger partial charge in [-0.25, -0.2) is 0 Å². The number of nitrogens with two attached hydrogens (primary N) is 1. The van der Waals surface area contributed by atoms with Crippen LogP contribution in [0, 0.1) is 0 Å². The predicted octanol–water partition coefficient (Wildman–Crippen LogP) is 6.32. The standard InChI is InChI=1S/C29H32F3N5O3S2/c30-29(31,32)17-8-6-13-20(16-17)37(24(21-14-7-15-41-21)27(39)35-19-11-4-5-12-19)28(40)25-22(33)23(36-42-25)26(38)34-18-9-2-1-3-10-18/h6-8,13-16,18-19,24H,1-5,9-12,33H2,(H,34,38)(H,35,39)/t24-/m1/s1. The first kappa shape index (κ1) is 30.0. The molecule has 0 saturated heterocycles. The molecular weight excluding hydrogens is 587 g/mol. The van der Waals surface area contributed by atoms with Gasteiger partial charge in [-0.3, -0.25) is 19.3 Å². The van der Waals surface area contributed by atoms with Gasteiger partial charge in [0.15, 0.2) is 11.7 Å².